The number of methoxy groups -OCH3 is 1. The second kappa shape index (κ2) is 10.7. The molecule has 0 radical (unpaired) electrons. The van der Waals surface area contributed by atoms with Crippen LogP contribution in [-0.4, -0.2) is 32.9 Å². The summed E-state index contributed by atoms with van der Waals surface area (Å²) in [4.78, 5) is 38.9. The van der Waals surface area contributed by atoms with Crippen LogP contribution in [0.5, 0.6) is 0 Å². The average molecular weight is 501 g/mol. The van der Waals surface area contributed by atoms with Crippen molar-refractivity contribution >= 4 is 11.9 Å². The van der Waals surface area contributed by atoms with Gasteiger partial charge in [-0.05, 0) is 44.4 Å². The molecule has 0 unspecified atom stereocenters. The van der Waals surface area contributed by atoms with Gasteiger partial charge in [0.1, 0.15) is 0 Å². The highest BCUT2D eigenvalue weighted by Gasteiger charge is 2.30. The van der Waals surface area contributed by atoms with Crippen molar-refractivity contribution in [1.82, 2.24) is 13.9 Å². The Morgan fingerprint density at radius 1 is 0.892 bits per heavy atom. The van der Waals surface area contributed by atoms with Gasteiger partial charge in [-0.1, -0.05) is 48.5 Å². The van der Waals surface area contributed by atoms with Crippen molar-refractivity contribution in [2.24, 2.45) is 12.8 Å². The lowest BCUT2D eigenvalue weighted by molar-refractivity contribution is -0.140. The highest BCUT2D eigenvalue weighted by Crippen LogP contribution is 2.34. The van der Waals surface area contributed by atoms with Gasteiger partial charge < -0.3 is 15.0 Å². The first-order valence-electron chi connectivity index (χ1n) is 12.2. The maximum absolute atomic E-state index is 13.9. The van der Waals surface area contributed by atoms with Crippen molar-refractivity contribution in [2.75, 3.05) is 7.11 Å². The summed E-state index contributed by atoms with van der Waals surface area (Å²) in [6.45, 7) is 4.25. The normalized spacial score (nSPS) is 11.0. The Hall–Kier alpha value is -4.33. The van der Waals surface area contributed by atoms with E-state index in [2.05, 4.69) is 0 Å². The largest absolute Gasteiger partial charge is 0.469 e. The summed E-state index contributed by atoms with van der Waals surface area (Å²) < 4.78 is 10.3. The van der Waals surface area contributed by atoms with Gasteiger partial charge in [0.15, 0.2) is 0 Å². The number of amides is 1. The van der Waals surface area contributed by atoms with Crippen LogP contribution in [0.3, 0.4) is 0 Å². The fourth-order valence-corrected chi connectivity index (χ4v) is 5.00. The molecule has 2 aromatic heterocycles. The molecule has 0 aliphatic heterocycles. The van der Waals surface area contributed by atoms with E-state index in [9.17, 15) is 14.4 Å². The van der Waals surface area contributed by atoms with Crippen molar-refractivity contribution in [3.8, 4) is 16.8 Å². The molecule has 0 aliphatic rings. The third kappa shape index (κ3) is 4.87. The van der Waals surface area contributed by atoms with E-state index in [0.717, 1.165) is 11.3 Å². The van der Waals surface area contributed by atoms with E-state index < -0.39 is 5.91 Å². The molecule has 37 heavy (non-hydrogen) atoms. The maximum atomic E-state index is 13.9. The van der Waals surface area contributed by atoms with Gasteiger partial charge in [0.05, 0.1) is 30.3 Å². The molecule has 2 aromatic carbocycles. The number of nitrogens with zero attached hydrogens (tertiary/aromatic N) is 3. The maximum Gasteiger partial charge on any atom is 0.305 e. The number of esters is 1. The summed E-state index contributed by atoms with van der Waals surface area (Å²) in [6, 6.07) is 19.3. The second-order valence-corrected chi connectivity index (χ2v) is 9.05. The van der Waals surface area contributed by atoms with Crippen molar-refractivity contribution in [3.63, 3.8) is 0 Å². The van der Waals surface area contributed by atoms with Gasteiger partial charge in [-0.3, -0.25) is 19.1 Å². The zero-order valence-corrected chi connectivity index (χ0v) is 21.7. The van der Waals surface area contributed by atoms with Crippen molar-refractivity contribution < 1.29 is 14.3 Å². The van der Waals surface area contributed by atoms with Crippen LogP contribution in [0.15, 0.2) is 65.5 Å². The minimum Gasteiger partial charge on any atom is -0.469 e. The van der Waals surface area contributed by atoms with E-state index in [4.69, 9.17) is 10.5 Å². The lowest BCUT2D eigenvalue weighted by Gasteiger charge is -2.13. The van der Waals surface area contributed by atoms with Gasteiger partial charge >= 0.3 is 5.97 Å². The van der Waals surface area contributed by atoms with Crippen molar-refractivity contribution in [2.45, 2.75) is 39.7 Å². The van der Waals surface area contributed by atoms with Crippen LogP contribution in [0.25, 0.3) is 16.8 Å². The minimum atomic E-state index is -0.612. The number of hydrogen-bond donors (Lipinski definition) is 1. The molecule has 0 saturated carbocycles. The highest BCUT2D eigenvalue weighted by molar-refractivity contribution is 6.02. The SMILES string of the molecule is COC(=O)CCc1c(-c2c(C)n(C)n(-c3ccccc3)c2=O)c(C(N)=O)c(C)n1CCc1ccccc1. The Labute approximate surface area is 215 Å². The topological polar surface area (TPSA) is 101 Å². The Balaban J connectivity index is 1.95. The van der Waals surface area contributed by atoms with Crippen LogP contribution >= 0.6 is 0 Å². The molecule has 0 atom stereocenters. The molecular weight excluding hydrogens is 468 g/mol. The molecule has 0 spiro atoms. The van der Waals surface area contributed by atoms with E-state index in [-0.39, 0.29) is 17.9 Å². The molecule has 4 rings (SSSR count). The Morgan fingerprint density at radius 3 is 2.11 bits per heavy atom. The third-order valence-electron chi connectivity index (χ3n) is 6.94. The Bertz CT molecular complexity index is 1490. The minimum absolute atomic E-state index is 0.106. The van der Waals surface area contributed by atoms with Gasteiger partial charge in [-0.25, -0.2) is 4.68 Å². The summed E-state index contributed by atoms with van der Waals surface area (Å²) in [5, 5.41) is 0. The zero-order valence-electron chi connectivity index (χ0n) is 21.7. The molecule has 0 bridgehead atoms. The molecule has 0 saturated heterocycles. The first-order valence-corrected chi connectivity index (χ1v) is 12.2. The number of carbonyl (C=O) groups excluding carboxylic acids is 2. The second-order valence-electron chi connectivity index (χ2n) is 9.05. The monoisotopic (exact) mass is 500 g/mol. The summed E-state index contributed by atoms with van der Waals surface area (Å²) in [5.41, 5.74) is 10.8. The molecule has 2 heterocycles. The number of aromatic nitrogens is 3. The van der Waals surface area contributed by atoms with Crippen LogP contribution in [0.1, 0.15) is 39.4 Å². The van der Waals surface area contributed by atoms with Gasteiger partial charge in [-0.2, -0.15) is 0 Å². The fourth-order valence-electron chi connectivity index (χ4n) is 5.00. The number of benzene rings is 2. The first-order chi connectivity index (χ1) is 17.8. The highest BCUT2D eigenvalue weighted by atomic mass is 16.5. The zero-order chi connectivity index (χ0) is 26.7. The fraction of sp³-hybridized carbons (Fsp3) is 0.276. The molecule has 8 nitrogen and oxygen atoms in total. The molecule has 0 fully saturated rings. The third-order valence-corrected chi connectivity index (χ3v) is 6.94. The molecule has 2 N–H and O–H groups in total. The van der Waals surface area contributed by atoms with E-state index in [1.807, 2.05) is 86.1 Å². The van der Waals surface area contributed by atoms with Gasteiger partial charge in [0, 0.05) is 36.2 Å². The first kappa shape index (κ1) is 25.8. The Morgan fingerprint density at radius 2 is 1.51 bits per heavy atom. The summed E-state index contributed by atoms with van der Waals surface area (Å²) >= 11 is 0. The lowest BCUT2D eigenvalue weighted by atomic mass is 9.98. The predicted molar refractivity (Wildman–Crippen MR) is 143 cm³/mol. The van der Waals surface area contributed by atoms with Gasteiger partial charge in [0.2, 0.25) is 0 Å². The lowest BCUT2D eigenvalue weighted by Crippen LogP contribution is -2.21. The molecule has 0 aliphatic carbocycles. The van der Waals surface area contributed by atoms with E-state index in [1.54, 1.807) is 9.36 Å². The number of aryl methyl sites for hydroxylation is 1. The average Bonchev–Trinajstić information content (AvgIpc) is 3.29. The predicted octanol–water partition coefficient (Wildman–Crippen LogP) is 3.71. The molecule has 192 valence electrons. The van der Waals surface area contributed by atoms with E-state index in [1.165, 1.54) is 7.11 Å². The number of rotatable bonds is 9. The van der Waals surface area contributed by atoms with Crippen LogP contribution in [0.4, 0.5) is 0 Å². The number of primary amides is 1. The van der Waals surface area contributed by atoms with Crippen LogP contribution in [0.2, 0.25) is 0 Å². The van der Waals surface area contributed by atoms with Crippen LogP contribution in [0, 0.1) is 13.8 Å². The quantitative estimate of drug-likeness (QED) is 0.354. The van der Waals surface area contributed by atoms with Crippen LogP contribution < -0.4 is 11.3 Å². The standard InChI is InChI=1S/C29H32N4O4/c1-19-26(29(36)33(31(19)3)22-13-9-6-10-14-22)27-23(15-16-24(34)37-4)32(20(2)25(27)28(30)35)18-17-21-11-7-5-8-12-21/h5-14H,15-18H2,1-4H3,(H2,30,35). The van der Waals surface area contributed by atoms with Crippen molar-refractivity contribution in [3.05, 3.63) is 99.2 Å². The number of hydrogen-bond acceptors (Lipinski definition) is 4. The summed E-state index contributed by atoms with van der Waals surface area (Å²) in [5.74, 6) is -0.981. The number of para-hydroxylation sites is 1. The van der Waals surface area contributed by atoms with Crippen molar-refractivity contribution in [1.29, 1.82) is 0 Å². The molecule has 4 aromatic rings. The smallest absolute Gasteiger partial charge is 0.305 e. The molecule has 1 amide bonds. The molecule has 8 heteroatoms. The van der Waals surface area contributed by atoms with Gasteiger partial charge in [0.25, 0.3) is 11.5 Å². The Kier molecular flexibility index (Phi) is 7.47. The van der Waals surface area contributed by atoms with Gasteiger partial charge in [-0.15, -0.1) is 0 Å². The summed E-state index contributed by atoms with van der Waals surface area (Å²) in [7, 11) is 3.15. The molecular formula is C29H32N4O4. The number of ether oxygens (including phenoxy) is 1. The number of carbonyl (C=O) groups is 2. The summed E-state index contributed by atoms with van der Waals surface area (Å²) in [6.07, 6.45) is 1.11. The van der Waals surface area contributed by atoms with Crippen LogP contribution in [-0.2, 0) is 36.0 Å². The number of nitrogens with two attached hydrogens (primary N) is 1. The van der Waals surface area contributed by atoms with E-state index in [0.29, 0.717) is 53.2 Å². The van der Waals surface area contributed by atoms with E-state index >= 15 is 0 Å².